The molecule has 0 heterocycles. The maximum Gasteiger partial charge on any atom is 0.306 e. The number of carbonyl (C=O) groups is 3. The molecule has 396 valence electrons. The van der Waals surface area contributed by atoms with Crippen molar-refractivity contribution in [2.45, 2.75) is 200 Å². The Labute approximate surface area is 427 Å². The molecule has 0 radical (unpaired) electrons. The zero-order valence-electron chi connectivity index (χ0n) is 44.8. The van der Waals surface area contributed by atoms with E-state index in [2.05, 4.69) is 135 Å². The molecule has 9 heteroatoms. The number of hydrogen-bond acceptors (Lipinski definition) is 8. The molecule has 2 unspecified atom stereocenters. The zero-order valence-corrected chi connectivity index (χ0v) is 44.8. The van der Waals surface area contributed by atoms with Crippen molar-refractivity contribution < 1.29 is 42.9 Å². The summed E-state index contributed by atoms with van der Waals surface area (Å²) in [6.45, 7) is 4.54. The first-order valence-corrected chi connectivity index (χ1v) is 27.2. The van der Waals surface area contributed by atoms with Crippen molar-refractivity contribution in [3.05, 3.63) is 122 Å². The number of likely N-dealkylation sites (N-methyl/N-ethyl adjacent to an activating group) is 1. The number of carboxylic acid groups (broad SMARTS) is 1. The average molecular weight is 974 g/mol. The number of unbranched alkanes of at least 4 members (excludes halogenated alkanes) is 13. The third-order valence-corrected chi connectivity index (χ3v) is 10.9. The minimum absolute atomic E-state index is 0.133. The molecule has 0 rings (SSSR count). The number of ether oxygens (including phenoxy) is 4. The monoisotopic (exact) mass is 974 g/mol. The lowest BCUT2D eigenvalue weighted by Gasteiger charge is -2.26. The molecule has 0 spiro atoms. The van der Waals surface area contributed by atoms with Crippen molar-refractivity contribution >= 4 is 17.9 Å². The van der Waals surface area contributed by atoms with E-state index in [9.17, 15) is 19.5 Å². The molecule has 0 N–H and O–H groups in total. The lowest BCUT2D eigenvalue weighted by atomic mass is 10.1. The SMILES string of the molecule is CC/C=C\C/C=C\C/C=C\C/C=C\C/C=C\C/C=C\C/C=C\C/C=C\C/C=C\CCCCCC(=O)OC(COC(=O)CCCCCCC/C=C\CCCCCCC)COC(OCC[N+](C)(C)C)C(=O)[O-]. The summed E-state index contributed by atoms with van der Waals surface area (Å²) < 4.78 is 22.6. The molecule has 0 saturated carbocycles. The summed E-state index contributed by atoms with van der Waals surface area (Å²) >= 11 is 0. The van der Waals surface area contributed by atoms with Crippen molar-refractivity contribution in [3.63, 3.8) is 0 Å². The fourth-order valence-corrected chi connectivity index (χ4v) is 6.76. The maximum absolute atomic E-state index is 12.8. The third kappa shape index (κ3) is 51.5. The molecule has 0 aliphatic heterocycles. The molecular formula is C61H99NO8. The highest BCUT2D eigenvalue weighted by Crippen LogP contribution is 2.12. The van der Waals surface area contributed by atoms with Crippen LogP contribution in [-0.2, 0) is 33.3 Å². The summed E-state index contributed by atoms with van der Waals surface area (Å²) in [5, 5.41) is 11.7. The van der Waals surface area contributed by atoms with Gasteiger partial charge in [0.1, 0.15) is 13.2 Å². The van der Waals surface area contributed by atoms with Crippen LogP contribution in [0, 0.1) is 0 Å². The maximum atomic E-state index is 12.8. The predicted molar refractivity (Wildman–Crippen MR) is 292 cm³/mol. The fourth-order valence-electron chi connectivity index (χ4n) is 6.76. The Morgan fingerprint density at radius 1 is 0.443 bits per heavy atom. The minimum atomic E-state index is -1.64. The fraction of sp³-hybridized carbons (Fsp3) is 0.623. The van der Waals surface area contributed by atoms with Gasteiger partial charge in [-0.25, -0.2) is 0 Å². The Morgan fingerprint density at radius 2 is 0.814 bits per heavy atom. The van der Waals surface area contributed by atoms with E-state index in [1.807, 2.05) is 21.1 Å². The minimum Gasteiger partial charge on any atom is -0.545 e. The summed E-state index contributed by atoms with van der Waals surface area (Å²) in [5.41, 5.74) is 0. The van der Waals surface area contributed by atoms with Gasteiger partial charge in [0, 0.05) is 12.8 Å². The zero-order chi connectivity index (χ0) is 51.3. The summed E-state index contributed by atoms with van der Waals surface area (Å²) in [6, 6.07) is 0. The Morgan fingerprint density at radius 3 is 1.24 bits per heavy atom. The molecule has 9 nitrogen and oxygen atoms in total. The van der Waals surface area contributed by atoms with Gasteiger partial charge in [-0.15, -0.1) is 0 Å². The molecule has 0 saturated heterocycles. The normalized spacial score (nSPS) is 13.8. The molecule has 70 heavy (non-hydrogen) atoms. The van der Waals surface area contributed by atoms with E-state index in [4.69, 9.17) is 18.9 Å². The molecule has 0 aromatic rings. The van der Waals surface area contributed by atoms with Crippen LogP contribution in [0.15, 0.2) is 122 Å². The molecule has 0 aromatic heterocycles. The van der Waals surface area contributed by atoms with Crippen LogP contribution in [0.2, 0.25) is 0 Å². The second-order valence-corrected chi connectivity index (χ2v) is 18.8. The van der Waals surface area contributed by atoms with Gasteiger partial charge in [-0.2, -0.15) is 0 Å². The number of allylic oxidation sites excluding steroid dienone is 20. The molecule has 0 amide bonds. The van der Waals surface area contributed by atoms with Crippen LogP contribution in [0.4, 0.5) is 0 Å². The van der Waals surface area contributed by atoms with Gasteiger partial charge in [0.2, 0.25) is 0 Å². The van der Waals surface area contributed by atoms with Crippen LogP contribution >= 0.6 is 0 Å². The van der Waals surface area contributed by atoms with Crippen molar-refractivity contribution in [2.24, 2.45) is 0 Å². The predicted octanol–water partition coefficient (Wildman–Crippen LogP) is 14.4. The third-order valence-electron chi connectivity index (χ3n) is 10.9. The van der Waals surface area contributed by atoms with Crippen LogP contribution in [0.25, 0.3) is 0 Å². The molecule has 0 fully saturated rings. The first-order chi connectivity index (χ1) is 34.1. The Balaban J connectivity index is 4.38. The number of nitrogens with zero attached hydrogens (tertiary/aromatic N) is 1. The lowest BCUT2D eigenvalue weighted by Crippen LogP contribution is -2.44. The van der Waals surface area contributed by atoms with Gasteiger partial charge < -0.3 is 33.3 Å². The largest absolute Gasteiger partial charge is 0.545 e. The first kappa shape index (κ1) is 65.7. The van der Waals surface area contributed by atoms with E-state index >= 15 is 0 Å². The van der Waals surface area contributed by atoms with Gasteiger partial charge in [0.15, 0.2) is 12.4 Å². The standard InChI is InChI=1S/C61H99NO8/c1-6-8-10-12-14-16-18-20-22-23-24-25-26-27-28-29-30-31-32-33-34-35-36-37-38-40-42-44-46-48-50-52-59(64)70-57(56-69-61(60(65)66)67-54-53-62(3,4)5)55-68-58(63)51-49-47-45-43-41-39-21-19-17-15-13-11-9-7-2/h8,10,14,16,19-22,24-25,27-28,30-31,33-34,36-37,40,42,57,61H,6-7,9,11-13,15,17-18,23,26,29,32,35,38-39,41,43-56H2,1-5H3/b10-8-,16-14-,21-19-,22-20-,25-24-,28-27-,31-30-,34-33-,37-36-,42-40-. The molecule has 0 aromatic carbocycles. The highest BCUT2D eigenvalue weighted by atomic mass is 16.7. The van der Waals surface area contributed by atoms with Gasteiger partial charge >= 0.3 is 11.9 Å². The quantitative estimate of drug-likeness (QED) is 0.0195. The van der Waals surface area contributed by atoms with Gasteiger partial charge in [-0.05, 0) is 109 Å². The molecule has 0 aliphatic carbocycles. The van der Waals surface area contributed by atoms with E-state index in [1.165, 1.54) is 38.5 Å². The second-order valence-electron chi connectivity index (χ2n) is 18.8. The Bertz CT molecular complexity index is 1560. The van der Waals surface area contributed by atoms with Crippen molar-refractivity contribution in [1.82, 2.24) is 0 Å². The van der Waals surface area contributed by atoms with Crippen LogP contribution in [0.3, 0.4) is 0 Å². The van der Waals surface area contributed by atoms with Crippen LogP contribution in [0.1, 0.15) is 187 Å². The highest BCUT2D eigenvalue weighted by Gasteiger charge is 2.21. The summed E-state index contributed by atoms with van der Waals surface area (Å²) in [7, 11) is 5.89. The number of rotatable bonds is 48. The molecule has 0 aliphatic rings. The molecule has 0 bridgehead atoms. The second kappa shape index (κ2) is 51.1. The summed E-state index contributed by atoms with van der Waals surface area (Å²) in [5.74, 6) is -2.36. The number of quaternary nitrogens is 1. The number of hydrogen-bond donors (Lipinski definition) is 0. The molecule has 2 atom stereocenters. The van der Waals surface area contributed by atoms with Gasteiger partial charge in [0.25, 0.3) is 0 Å². The molecular weight excluding hydrogens is 875 g/mol. The van der Waals surface area contributed by atoms with Gasteiger partial charge in [-0.3, -0.25) is 9.59 Å². The first-order valence-electron chi connectivity index (χ1n) is 27.2. The van der Waals surface area contributed by atoms with E-state index in [1.54, 1.807) is 0 Å². The van der Waals surface area contributed by atoms with E-state index in [0.717, 1.165) is 116 Å². The number of esters is 2. The topological polar surface area (TPSA) is 111 Å². The van der Waals surface area contributed by atoms with E-state index in [0.29, 0.717) is 17.4 Å². The lowest BCUT2D eigenvalue weighted by molar-refractivity contribution is -0.870. The van der Waals surface area contributed by atoms with Crippen molar-refractivity contribution in [1.29, 1.82) is 0 Å². The van der Waals surface area contributed by atoms with Gasteiger partial charge in [-0.1, -0.05) is 187 Å². The Hall–Kier alpha value is -4.31. The smallest absolute Gasteiger partial charge is 0.306 e. The van der Waals surface area contributed by atoms with Crippen molar-refractivity contribution in [3.8, 4) is 0 Å². The van der Waals surface area contributed by atoms with Gasteiger partial charge in [0.05, 0.1) is 40.3 Å². The van der Waals surface area contributed by atoms with E-state index in [-0.39, 0.29) is 38.6 Å². The van der Waals surface area contributed by atoms with Crippen LogP contribution in [0.5, 0.6) is 0 Å². The van der Waals surface area contributed by atoms with Crippen LogP contribution < -0.4 is 5.11 Å². The number of aliphatic carboxylic acids is 1. The highest BCUT2D eigenvalue weighted by molar-refractivity contribution is 5.70. The summed E-state index contributed by atoms with van der Waals surface area (Å²) in [6.07, 6.45) is 68.1. The van der Waals surface area contributed by atoms with Crippen LogP contribution in [-0.4, -0.2) is 82.3 Å². The van der Waals surface area contributed by atoms with E-state index < -0.39 is 24.3 Å². The summed E-state index contributed by atoms with van der Waals surface area (Å²) in [4.78, 5) is 37.1. The number of carboxylic acids is 1. The number of carbonyl (C=O) groups excluding carboxylic acids is 3. The average Bonchev–Trinajstić information content (AvgIpc) is 3.33. The van der Waals surface area contributed by atoms with Crippen molar-refractivity contribution in [2.75, 3.05) is 47.5 Å². The Kier molecular flexibility index (Phi) is 47.9.